The second-order valence-corrected chi connectivity index (χ2v) is 17.3. The van der Waals surface area contributed by atoms with Crippen molar-refractivity contribution < 1.29 is 18.8 Å². The van der Waals surface area contributed by atoms with E-state index in [9.17, 15) is 4.79 Å². The highest BCUT2D eigenvalue weighted by Gasteiger charge is 2.59. The summed E-state index contributed by atoms with van der Waals surface area (Å²) in [4.78, 5) is 12.7. The van der Waals surface area contributed by atoms with Gasteiger partial charge in [0.2, 0.25) is 0 Å². The first-order valence-electron chi connectivity index (χ1n) is 19.1. The van der Waals surface area contributed by atoms with Crippen LogP contribution in [0.5, 0.6) is 0 Å². The van der Waals surface area contributed by atoms with Gasteiger partial charge in [0.05, 0.1) is 26.8 Å². The Morgan fingerprint density at radius 3 is 2.52 bits per heavy atom. The molecule has 1 N–H and O–H groups in total. The van der Waals surface area contributed by atoms with Gasteiger partial charge in [0.15, 0.2) is 0 Å². The van der Waals surface area contributed by atoms with Crippen molar-refractivity contribution in [2.24, 2.45) is 46.3 Å². The topological polar surface area (TPSA) is 47.6 Å². The summed E-state index contributed by atoms with van der Waals surface area (Å²) in [5.74, 6) is 5.19. The molecular weight excluding hydrogens is 544 g/mol. The molecule has 5 rings (SSSR count). The zero-order valence-corrected chi connectivity index (χ0v) is 29.6. The van der Waals surface area contributed by atoms with E-state index in [-0.39, 0.29) is 12.2 Å². The van der Waals surface area contributed by atoms with Crippen molar-refractivity contribution in [3.63, 3.8) is 0 Å². The average Bonchev–Trinajstić information content (AvgIpc) is 3.34. The summed E-state index contributed by atoms with van der Waals surface area (Å²) in [6.07, 6.45) is 21.5. The third kappa shape index (κ3) is 7.72. The van der Waals surface area contributed by atoms with Gasteiger partial charge in [-0.1, -0.05) is 72.0 Å². The summed E-state index contributed by atoms with van der Waals surface area (Å²) in [6, 6.07) is 0. The van der Waals surface area contributed by atoms with E-state index in [1.807, 2.05) is 0 Å². The van der Waals surface area contributed by atoms with E-state index in [0.717, 1.165) is 92.1 Å². The molecule has 0 spiro atoms. The average molecular weight is 614 g/mol. The van der Waals surface area contributed by atoms with Gasteiger partial charge in [-0.15, -0.1) is 0 Å². The molecule has 4 aliphatic carbocycles. The molecule has 44 heavy (non-hydrogen) atoms. The Labute approximate surface area is 271 Å². The summed E-state index contributed by atoms with van der Waals surface area (Å²) in [7, 11) is 2.36. The van der Waals surface area contributed by atoms with E-state index in [2.05, 4.69) is 53.1 Å². The van der Waals surface area contributed by atoms with Crippen molar-refractivity contribution in [1.29, 1.82) is 0 Å². The van der Waals surface area contributed by atoms with Crippen LogP contribution in [-0.4, -0.2) is 63.1 Å². The molecule has 1 amide bonds. The number of ether oxygens (including phenoxy) is 2. The van der Waals surface area contributed by atoms with Gasteiger partial charge in [-0.2, -0.15) is 0 Å². The smallest absolute Gasteiger partial charge is 0.407 e. The Kier molecular flexibility index (Phi) is 11.5. The molecule has 5 heteroatoms. The van der Waals surface area contributed by atoms with Crippen LogP contribution < -0.4 is 5.32 Å². The minimum absolute atomic E-state index is 0.0419. The first-order chi connectivity index (χ1) is 21.0. The lowest BCUT2D eigenvalue weighted by Gasteiger charge is -2.58. The maximum absolute atomic E-state index is 12.7. The Morgan fingerprint density at radius 2 is 1.75 bits per heavy atom. The number of rotatable bonds is 13. The number of hydrogen-bond donors (Lipinski definition) is 1. The molecular formula is C39H69N2O3+. The Hall–Kier alpha value is -1.07. The summed E-state index contributed by atoms with van der Waals surface area (Å²) in [6.45, 7) is 18.7. The summed E-state index contributed by atoms with van der Waals surface area (Å²) < 4.78 is 12.7. The van der Waals surface area contributed by atoms with Crippen LogP contribution in [0.4, 0.5) is 4.79 Å². The van der Waals surface area contributed by atoms with Gasteiger partial charge < -0.3 is 19.3 Å². The molecule has 5 nitrogen and oxygen atoms in total. The molecule has 0 aromatic heterocycles. The number of quaternary nitrogens is 1. The standard InChI is InChI=1S/C39H68N2O3/c1-29(2)12-11-13-30(3)34-16-17-35-33-15-14-31-28-32(18-20-38(31,4)36(33)19-21-39(34,35)5)44-37(42)40-22-9-7-8-10-23-41(6)24-26-43-27-25-41/h14,29-30,32-36H,7-13,15-28H2,1-6H3/p+1/t30-,32+,33+,34-,35+,36+,38+,39-/m1/s1. The predicted octanol–water partition coefficient (Wildman–Crippen LogP) is 9.16. The molecule has 4 fully saturated rings. The van der Waals surface area contributed by atoms with Gasteiger partial charge in [-0.05, 0) is 111 Å². The van der Waals surface area contributed by atoms with Gasteiger partial charge in [-0.3, -0.25) is 0 Å². The Morgan fingerprint density at radius 1 is 0.977 bits per heavy atom. The Bertz CT molecular complexity index is 972. The SMILES string of the molecule is CC(C)CCC[C@@H](C)[C@H]1CC[C@H]2[C@@H]3CC=C4C[C@@H](OC(=O)NCCCCCC[N+]5(C)CCOCC5)CC[C@]4(C)[C@H]3CC[C@]12C. The molecule has 3 saturated carbocycles. The van der Waals surface area contributed by atoms with E-state index >= 15 is 0 Å². The van der Waals surface area contributed by atoms with Gasteiger partial charge >= 0.3 is 6.09 Å². The maximum atomic E-state index is 12.7. The molecule has 1 saturated heterocycles. The number of hydrogen-bond acceptors (Lipinski definition) is 3. The minimum atomic E-state index is -0.202. The molecule has 0 aromatic rings. The number of fused-ring (bicyclic) bond motifs is 5. The lowest BCUT2D eigenvalue weighted by atomic mass is 9.47. The molecule has 0 radical (unpaired) electrons. The zero-order valence-electron chi connectivity index (χ0n) is 29.6. The van der Waals surface area contributed by atoms with Crippen molar-refractivity contribution in [2.45, 2.75) is 137 Å². The molecule has 5 aliphatic rings. The second kappa shape index (κ2) is 14.8. The molecule has 0 aromatic carbocycles. The lowest BCUT2D eigenvalue weighted by molar-refractivity contribution is -0.917. The molecule has 0 bridgehead atoms. The third-order valence-corrected chi connectivity index (χ3v) is 14.0. The first kappa shape index (κ1) is 34.3. The highest BCUT2D eigenvalue weighted by Crippen LogP contribution is 2.67. The number of carbonyl (C=O) groups is 1. The van der Waals surface area contributed by atoms with Gasteiger partial charge in [0, 0.05) is 13.0 Å². The fourth-order valence-corrected chi connectivity index (χ4v) is 11.1. The van der Waals surface area contributed by atoms with Crippen molar-refractivity contribution in [3.05, 3.63) is 11.6 Å². The number of alkyl carbamates (subject to hydrolysis) is 1. The lowest BCUT2D eigenvalue weighted by Crippen LogP contribution is -2.52. The zero-order chi connectivity index (χ0) is 31.4. The van der Waals surface area contributed by atoms with Crippen molar-refractivity contribution >= 4 is 6.09 Å². The van der Waals surface area contributed by atoms with Crippen LogP contribution in [-0.2, 0) is 9.47 Å². The maximum Gasteiger partial charge on any atom is 0.407 e. The first-order valence-corrected chi connectivity index (χ1v) is 19.1. The van der Waals surface area contributed by atoms with E-state index in [1.54, 1.807) is 5.57 Å². The molecule has 252 valence electrons. The van der Waals surface area contributed by atoms with Gasteiger partial charge in [-0.25, -0.2) is 4.79 Å². The molecule has 8 atom stereocenters. The fourth-order valence-electron chi connectivity index (χ4n) is 11.1. The van der Waals surface area contributed by atoms with Crippen molar-refractivity contribution in [3.8, 4) is 0 Å². The number of likely N-dealkylation sites (N-methyl/N-ethyl adjacent to an activating group) is 1. The number of allylic oxidation sites excluding steroid dienone is 1. The largest absolute Gasteiger partial charge is 0.446 e. The van der Waals surface area contributed by atoms with Gasteiger partial charge in [0.1, 0.15) is 19.2 Å². The summed E-state index contributed by atoms with van der Waals surface area (Å²) >= 11 is 0. The number of nitrogens with one attached hydrogen (secondary N) is 1. The van der Waals surface area contributed by atoms with Crippen molar-refractivity contribution in [1.82, 2.24) is 5.32 Å². The van der Waals surface area contributed by atoms with E-state index in [4.69, 9.17) is 9.47 Å². The molecule has 1 heterocycles. The summed E-state index contributed by atoms with van der Waals surface area (Å²) in [5, 5.41) is 3.06. The fraction of sp³-hybridized carbons (Fsp3) is 0.923. The number of carbonyl (C=O) groups excluding carboxylic acids is 1. The highest BCUT2D eigenvalue weighted by molar-refractivity contribution is 5.67. The number of amides is 1. The highest BCUT2D eigenvalue weighted by atomic mass is 16.6. The second-order valence-electron chi connectivity index (χ2n) is 17.3. The van der Waals surface area contributed by atoms with Crippen LogP contribution in [0.25, 0.3) is 0 Å². The van der Waals surface area contributed by atoms with Crippen LogP contribution >= 0.6 is 0 Å². The number of morpholine rings is 1. The quantitative estimate of drug-likeness (QED) is 0.128. The third-order valence-electron chi connectivity index (χ3n) is 14.0. The van der Waals surface area contributed by atoms with Crippen LogP contribution in [0.15, 0.2) is 11.6 Å². The van der Waals surface area contributed by atoms with Crippen LogP contribution in [0.2, 0.25) is 0 Å². The molecule has 1 aliphatic heterocycles. The Balaban J connectivity index is 1.04. The van der Waals surface area contributed by atoms with Crippen LogP contribution in [0, 0.1) is 46.3 Å². The van der Waals surface area contributed by atoms with Gasteiger partial charge in [0.25, 0.3) is 0 Å². The van der Waals surface area contributed by atoms with E-state index in [0.29, 0.717) is 10.8 Å². The van der Waals surface area contributed by atoms with Crippen LogP contribution in [0.3, 0.4) is 0 Å². The number of unbranched alkanes of at least 4 members (excludes halogenated alkanes) is 3. The van der Waals surface area contributed by atoms with Crippen LogP contribution in [0.1, 0.15) is 131 Å². The number of nitrogens with zero attached hydrogens (tertiary/aromatic N) is 1. The molecule has 0 unspecified atom stereocenters. The summed E-state index contributed by atoms with van der Waals surface area (Å²) in [5.41, 5.74) is 2.46. The predicted molar refractivity (Wildman–Crippen MR) is 181 cm³/mol. The minimum Gasteiger partial charge on any atom is -0.446 e. The van der Waals surface area contributed by atoms with Crippen molar-refractivity contribution in [2.75, 3.05) is 46.4 Å². The normalized spacial score (nSPS) is 37.0. The van der Waals surface area contributed by atoms with E-state index < -0.39 is 0 Å². The monoisotopic (exact) mass is 614 g/mol. The van der Waals surface area contributed by atoms with E-state index in [1.165, 1.54) is 83.6 Å².